The number of carboxylic acid groups (broad SMARTS) is 1. The van der Waals surface area contributed by atoms with Gasteiger partial charge in [-0.05, 0) is 20.8 Å². The maximum atomic E-state index is 12.6. The molecule has 0 atom stereocenters. The molecule has 0 fully saturated rings. The summed E-state index contributed by atoms with van der Waals surface area (Å²) in [5.41, 5.74) is 4.92. The van der Waals surface area contributed by atoms with E-state index in [0.717, 1.165) is 4.90 Å². The van der Waals surface area contributed by atoms with Gasteiger partial charge in [0.05, 0.1) is 11.8 Å². The number of hydrogen-bond acceptors (Lipinski definition) is 7. The number of anilines is 1. The number of aliphatic carboxylic acids is 1. The zero-order valence-electron chi connectivity index (χ0n) is 16.4. The molecule has 29 heavy (non-hydrogen) atoms. The van der Waals surface area contributed by atoms with E-state index in [0.29, 0.717) is 5.52 Å². The molecule has 2 aromatic heterocycles. The molecule has 2 heterocycles. The summed E-state index contributed by atoms with van der Waals surface area (Å²) in [6.45, 7) is 4.29. The zero-order valence-corrected chi connectivity index (χ0v) is 16.4. The van der Waals surface area contributed by atoms with Crippen molar-refractivity contribution in [2.24, 2.45) is 0 Å². The monoisotopic (exact) mass is 408 g/mol. The molecule has 2 amide bonds. The standard InChI is InChI=1S/C17H24N6O6/c1-17(2,3)29-16(28)19-4-5-22(8-13(25)26)12(24)7-23-9-20-14-10(23)6-11(18)21-15(14)27/h6,9H,4-5,7-8H2,1-3H3,(H,19,28)(H,25,26)(H3,18,21,27). The van der Waals surface area contributed by atoms with E-state index in [1.807, 2.05) is 0 Å². The maximum Gasteiger partial charge on any atom is 0.407 e. The summed E-state index contributed by atoms with van der Waals surface area (Å²) in [5, 5.41) is 11.5. The molecular formula is C17H24N6O6. The van der Waals surface area contributed by atoms with Crippen molar-refractivity contribution in [2.45, 2.75) is 32.9 Å². The number of alkyl carbamates (subject to hydrolysis) is 1. The fourth-order valence-electron chi connectivity index (χ4n) is 2.53. The molecule has 158 valence electrons. The minimum absolute atomic E-state index is 0.00518. The number of carbonyl (C=O) groups is 3. The second-order valence-electron chi connectivity index (χ2n) is 7.30. The number of hydrogen-bond donors (Lipinski definition) is 4. The van der Waals surface area contributed by atoms with E-state index in [1.54, 1.807) is 20.8 Å². The summed E-state index contributed by atoms with van der Waals surface area (Å²) in [6.07, 6.45) is 0.630. The molecule has 0 bridgehead atoms. The van der Waals surface area contributed by atoms with Gasteiger partial charge in [-0.25, -0.2) is 9.78 Å². The van der Waals surface area contributed by atoms with E-state index in [9.17, 15) is 19.2 Å². The number of nitrogens with two attached hydrogens (primary N) is 1. The first kappa shape index (κ1) is 21.7. The van der Waals surface area contributed by atoms with Gasteiger partial charge in [0.2, 0.25) is 5.91 Å². The minimum Gasteiger partial charge on any atom is -0.480 e. The van der Waals surface area contributed by atoms with E-state index in [4.69, 9.17) is 15.6 Å². The topological polar surface area (TPSA) is 173 Å². The van der Waals surface area contributed by atoms with Gasteiger partial charge in [-0.15, -0.1) is 0 Å². The summed E-state index contributed by atoms with van der Waals surface area (Å²) < 4.78 is 6.49. The van der Waals surface area contributed by atoms with Gasteiger partial charge < -0.3 is 35.3 Å². The van der Waals surface area contributed by atoms with Crippen LogP contribution in [0.1, 0.15) is 20.8 Å². The third-order valence-electron chi connectivity index (χ3n) is 3.68. The van der Waals surface area contributed by atoms with Crippen LogP contribution in [0.5, 0.6) is 0 Å². The summed E-state index contributed by atoms with van der Waals surface area (Å²) in [4.78, 5) is 54.7. The van der Waals surface area contributed by atoms with Crippen molar-refractivity contribution < 1.29 is 24.2 Å². The highest BCUT2D eigenvalue weighted by molar-refractivity contribution is 5.83. The van der Waals surface area contributed by atoms with Gasteiger partial charge in [0.1, 0.15) is 24.5 Å². The summed E-state index contributed by atoms with van der Waals surface area (Å²) >= 11 is 0. The lowest BCUT2D eigenvalue weighted by Gasteiger charge is -2.23. The largest absolute Gasteiger partial charge is 0.480 e. The molecule has 12 heteroatoms. The minimum atomic E-state index is -1.20. The third-order valence-corrected chi connectivity index (χ3v) is 3.68. The molecule has 0 unspecified atom stereocenters. The van der Waals surface area contributed by atoms with E-state index in [2.05, 4.69) is 15.3 Å². The normalized spacial score (nSPS) is 11.3. The van der Waals surface area contributed by atoms with E-state index in [1.165, 1.54) is 17.0 Å². The Labute approximate surface area is 165 Å². The fraction of sp³-hybridized carbons (Fsp3) is 0.471. The Morgan fingerprint density at radius 2 is 2.07 bits per heavy atom. The predicted octanol–water partition coefficient (Wildman–Crippen LogP) is -0.255. The second kappa shape index (κ2) is 8.63. The Bertz CT molecular complexity index is 973. The third kappa shape index (κ3) is 6.23. The van der Waals surface area contributed by atoms with Crippen LogP contribution in [0.15, 0.2) is 17.2 Å². The van der Waals surface area contributed by atoms with E-state index in [-0.39, 0.29) is 31.0 Å². The lowest BCUT2D eigenvalue weighted by Crippen LogP contribution is -2.43. The first-order chi connectivity index (χ1) is 13.5. The number of nitrogens with zero attached hydrogens (tertiary/aromatic N) is 3. The molecule has 0 aliphatic heterocycles. The average molecular weight is 408 g/mol. The van der Waals surface area contributed by atoms with Crippen LogP contribution in [0.2, 0.25) is 0 Å². The number of ether oxygens (including phenoxy) is 1. The van der Waals surface area contributed by atoms with Crippen LogP contribution in [-0.2, 0) is 20.9 Å². The van der Waals surface area contributed by atoms with Crippen LogP contribution in [0, 0.1) is 0 Å². The van der Waals surface area contributed by atoms with Crippen molar-refractivity contribution in [3.05, 3.63) is 22.7 Å². The number of carboxylic acids is 1. The lowest BCUT2D eigenvalue weighted by molar-refractivity contribution is -0.144. The molecule has 0 aromatic carbocycles. The van der Waals surface area contributed by atoms with Crippen LogP contribution in [0.3, 0.4) is 0 Å². The Hall–Kier alpha value is -3.57. The van der Waals surface area contributed by atoms with Crippen molar-refractivity contribution in [1.82, 2.24) is 24.8 Å². The smallest absolute Gasteiger partial charge is 0.407 e. The van der Waals surface area contributed by atoms with Crippen LogP contribution in [-0.4, -0.2) is 67.7 Å². The molecule has 0 aliphatic carbocycles. The Balaban J connectivity index is 2.06. The van der Waals surface area contributed by atoms with Crippen molar-refractivity contribution in [2.75, 3.05) is 25.4 Å². The number of carbonyl (C=O) groups excluding carboxylic acids is 2. The van der Waals surface area contributed by atoms with Gasteiger partial charge in [-0.2, -0.15) is 0 Å². The first-order valence-electron chi connectivity index (χ1n) is 8.76. The highest BCUT2D eigenvalue weighted by atomic mass is 16.6. The first-order valence-corrected chi connectivity index (χ1v) is 8.76. The van der Waals surface area contributed by atoms with Crippen LogP contribution >= 0.6 is 0 Å². The van der Waals surface area contributed by atoms with Crippen molar-refractivity contribution >= 4 is 34.8 Å². The summed E-state index contributed by atoms with van der Waals surface area (Å²) in [6, 6.07) is 1.46. The molecule has 0 saturated heterocycles. The number of amides is 2. The molecule has 0 aliphatic rings. The highest BCUT2D eigenvalue weighted by Gasteiger charge is 2.20. The predicted molar refractivity (Wildman–Crippen MR) is 103 cm³/mol. The summed E-state index contributed by atoms with van der Waals surface area (Å²) in [5.74, 6) is -1.62. The molecule has 0 radical (unpaired) electrons. The van der Waals surface area contributed by atoms with Gasteiger partial charge in [0.25, 0.3) is 5.56 Å². The van der Waals surface area contributed by atoms with Gasteiger partial charge >= 0.3 is 12.1 Å². The van der Waals surface area contributed by atoms with Crippen molar-refractivity contribution in [3.63, 3.8) is 0 Å². The Kier molecular flexibility index (Phi) is 6.46. The second-order valence-corrected chi connectivity index (χ2v) is 7.30. The maximum absolute atomic E-state index is 12.6. The van der Waals surface area contributed by atoms with Crippen LogP contribution in [0.25, 0.3) is 11.0 Å². The quantitative estimate of drug-likeness (QED) is 0.485. The molecular weight excluding hydrogens is 384 g/mol. The van der Waals surface area contributed by atoms with Gasteiger partial charge in [0, 0.05) is 19.2 Å². The van der Waals surface area contributed by atoms with E-state index >= 15 is 0 Å². The lowest BCUT2D eigenvalue weighted by atomic mass is 10.2. The molecule has 5 N–H and O–H groups in total. The number of pyridine rings is 1. The number of imidazole rings is 1. The number of rotatable bonds is 7. The average Bonchev–Trinajstić information content (AvgIpc) is 2.95. The number of fused-ring (bicyclic) bond motifs is 1. The number of aromatic nitrogens is 3. The van der Waals surface area contributed by atoms with Crippen LogP contribution in [0.4, 0.5) is 10.6 Å². The Morgan fingerprint density at radius 1 is 1.38 bits per heavy atom. The molecule has 2 aromatic rings. The number of nitrogen functional groups attached to an aromatic ring is 1. The molecule has 0 spiro atoms. The van der Waals surface area contributed by atoms with Crippen molar-refractivity contribution in [1.29, 1.82) is 0 Å². The van der Waals surface area contributed by atoms with E-state index < -0.39 is 35.7 Å². The number of H-pyrrole nitrogens is 1. The number of aromatic amines is 1. The number of nitrogens with one attached hydrogen (secondary N) is 2. The van der Waals surface area contributed by atoms with Gasteiger partial charge in [-0.3, -0.25) is 14.4 Å². The zero-order chi connectivity index (χ0) is 21.8. The summed E-state index contributed by atoms with van der Waals surface area (Å²) in [7, 11) is 0. The SMILES string of the molecule is CC(C)(C)OC(=O)NCCN(CC(=O)O)C(=O)Cn1cnc2c(=O)[nH]c(N)cc21. The van der Waals surface area contributed by atoms with Crippen molar-refractivity contribution in [3.8, 4) is 0 Å². The molecule has 2 rings (SSSR count). The fourth-order valence-corrected chi connectivity index (χ4v) is 2.53. The van der Waals surface area contributed by atoms with Crippen LogP contribution < -0.4 is 16.6 Å². The molecule has 0 saturated carbocycles. The van der Waals surface area contributed by atoms with Gasteiger partial charge in [-0.1, -0.05) is 0 Å². The van der Waals surface area contributed by atoms with Gasteiger partial charge in [0.15, 0.2) is 5.52 Å². The highest BCUT2D eigenvalue weighted by Crippen LogP contribution is 2.11. The molecule has 12 nitrogen and oxygen atoms in total. The Morgan fingerprint density at radius 3 is 2.69 bits per heavy atom.